The van der Waals surface area contributed by atoms with E-state index in [9.17, 15) is 4.79 Å². The van der Waals surface area contributed by atoms with Gasteiger partial charge < -0.3 is 19.9 Å². The highest BCUT2D eigenvalue weighted by Crippen LogP contribution is 2.24. The molecule has 168 valence electrons. The van der Waals surface area contributed by atoms with E-state index in [2.05, 4.69) is 51.3 Å². The first-order valence-corrected chi connectivity index (χ1v) is 11.1. The van der Waals surface area contributed by atoms with Crippen LogP contribution in [0.1, 0.15) is 24.1 Å². The van der Waals surface area contributed by atoms with E-state index in [0.717, 1.165) is 37.5 Å². The van der Waals surface area contributed by atoms with Crippen LogP contribution < -0.4 is 15.0 Å². The van der Waals surface area contributed by atoms with Crippen molar-refractivity contribution in [3.8, 4) is 5.75 Å². The summed E-state index contributed by atoms with van der Waals surface area (Å²) >= 11 is 0. The average Bonchev–Trinajstić information content (AvgIpc) is 2.77. The van der Waals surface area contributed by atoms with Crippen LogP contribution in [-0.2, 0) is 11.2 Å². The third kappa shape index (κ3) is 6.71. The first kappa shape index (κ1) is 23.1. The van der Waals surface area contributed by atoms with Gasteiger partial charge in [-0.2, -0.15) is 0 Å². The lowest BCUT2D eigenvalue weighted by atomic mass is 10.0. The molecule has 1 atom stereocenters. The second-order valence-corrected chi connectivity index (χ2v) is 8.40. The number of carbonyl (C=O) groups excluding carboxylic acids is 1. The smallest absolute Gasteiger partial charge is 0.224 e. The standard InChI is InChI=1S/C25H36N4O2/c1-5-31-23-12-6-20(7-13-23)18-25(30)26-19-24(29-16-14-28(4)15-17-29)21-8-10-22(11-9-21)27(2)3/h6-13,24H,5,14-19H2,1-4H3,(H,26,30). The minimum absolute atomic E-state index is 0.0493. The van der Waals surface area contributed by atoms with Gasteiger partial charge in [-0.1, -0.05) is 24.3 Å². The second-order valence-electron chi connectivity index (χ2n) is 8.40. The van der Waals surface area contributed by atoms with Gasteiger partial charge in [-0.25, -0.2) is 0 Å². The number of ether oxygens (including phenoxy) is 1. The first-order chi connectivity index (χ1) is 15.0. The van der Waals surface area contributed by atoms with Crippen LogP contribution in [0.2, 0.25) is 0 Å². The number of anilines is 1. The van der Waals surface area contributed by atoms with Crippen molar-refractivity contribution < 1.29 is 9.53 Å². The molecule has 0 saturated carbocycles. The average molecular weight is 425 g/mol. The summed E-state index contributed by atoms with van der Waals surface area (Å²) in [5.74, 6) is 0.885. The van der Waals surface area contributed by atoms with Crippen molar-refractivity contribution in [1.82, 2.24) is 15.1 Å². The van der Waals surface area contributed by atoms with Crippen LogP contribution in [0.4, 0.5) is 5.69 Å². The number of rotatable bonds is 9. The highest BCUT2D eigenvalue weighted by molar-refractivity contribution is 5.78. The molecule has 0 bridgehead atoms. The molecule has 0 aliphatic carbocycles. The molecule has 1 fully saturated rings. The van der Waals surface area contributed by atoms with E-state index in [1.807, 2.05) is 45.3 Å². The topological polar surface area (TPSA) is 48.1 Å². The Morgan fingerprint density at radius 3 is 2.26 bits per heavy atom. The van der Waals surface area contributed by atoms with Gasteiger partial charge >= 0.3 is 0 Å². The van der Waals surface area contributed by atoms with Crippen LogP contribution in [-0.4, -0.2) is 76.2 Å². The van der Waals surface area contributed by atoms with Gasteiger partial charge in [0.25, 0.3) is 0 Å². The van der Waals surface area contributed by atoms with Gasteiger partial charge in [0.15, 0.2) is 0 Å². The lowest BCUT2D eigenvalue weighted by Gasteiger charge is -2.38. The molecule has 1 heterocycles. The van der Waals surface area contributed by atoms with Crippen molar-refractivity contribution in [2.45, 2.75) is 19.4 Å². The van der Waals surface area contributed by atoms with Crippen LogP contribution in [0.3, 0.4) is 0 Å². The zero-order valence-corrected chi connectivity index (χ0v) is 19.3. The van der Waals surface area contributed by atoms with Gasteiger partial charge in [-0.3, -0.25) is 9.69 Å². The van der Waals surface area contributed by atoms with Gasteiger partial charge in [-0.15, -0.1) is 0 Å². The summed E-state index contributed by atoms with van der Waals surface area (Å²) in [6.45, 7) is 7.33. The summed E-state index contributed by atoms with van der Waals surface area (Å²) < 4.78 is 5.48. The zero-order chi connectivity index (χ0) is 22.2. The molecule has 1 amide bonds. The normalized spacial score (nSPS) is 16.0. The van der Waals surface area contributed by atoms with Crippen molar-refractivity contribution in [2.24, 2.45) is 0 Å². The largest absolute Gasteiger partial charge is 0.494 e. The van der Waals surface area contributed by atoms with E-state index in [0.29, 0.717) is 19.6 Å². The number of benzene rings is 2. The van der Waals surface area contributed by atoms with E-state index in [4.69, 9.17) is 4.74 Å². The van der Waals surface area contributed by atoms with E-state index in [1.54, 1.807) is 0 Å². The molecule has 1 unspecified atom stereocenters. The van der Waals surface area contributed by atoms with Crippen molar-refractivity contribution in [3.05, 3.63) is 59.7 Å². The van der Waals surface area contributed by atoms with Gasteiger partial charge in [0.1, 0.15) is 5.75 Å². The molecule has 1 aliphatic rings. The van der Waals surface area contributed by atoms with Crippen LogP contribution >= 0.6 is 0 Å². The summed E-state index contributed by atoms with van der Waals surface area (Å²) in [6, 6.07) is 16.6. The Labute approximate surface area is 186 Å². The Balaban J connectivity index is 1.64. The fourth-order valence-corrected chi connectivity index (χ4v) is 3.91. The lowest BCUT2D eigenvalue weighted by molar-refractivity contribution is -0.120. The van der Waals surface area contributed by atoms with Gasteiger partial charge in [0.2, 0.25) is 5.91 Å². The Morgan fingerprint density at radius 1 is 1.03 bits per heavy atom. The monoisotopic (exact) mass is 424 g/mol. The minimum Gasteiger partial charge on any atom is -0.494 e. The molecular weight excluding hydrogens is 388 g/mol. The third-order valence-corrected chi connectivity index (χ3v) is 5.86. The predicted octanol–water partition coefficient (Wildman–Crippen LogP) is 2.80. The number of hydrogen-bond donors (Lipinski definition) is 1. The minimum atomic E-state index is 0.0493. The van der Waals surface area contributed by atoms with Crippen molar-refractivity contribution in [3.63, 3.8) is 0 Å². The number of likely N-dealkylation sites (N-methyl/N-ethyl adjacent to an activating group) is 1. The summed E-state index contributed by atoms with van der Waals surface area (Å²) in [7, 11) is 6.26. The quantitative estimate of drug-likeness (QED) is 0.671. The Hall–Kier alpha value is -2.57. The molecule has 1 saturated heterocycles. The number of hydrogen-bond acceptors (Lipinski definition) is 5. The molecule has 6 heteroatoms. The molecule has 0 radical (unpaired) electrons. The summed E-state index contributed by atoms with van der Waals surface area (Å²) in [4.78, 5) is 19.6. The van der Waals surface area contributed by atoms with Crippen molar-refractivity contribution >= 4 is 11.6 Å². The number of nitrogens with one attached hydrogen (secondary N) is 1. The second kappa shape index (κ2) is 11.2. The van der Waals surface area contributed by atoms with Crippen LogP contribution in [0, 0.1) is 0 Å². The molecular formula is C25H36N4O2. The van der Waals surface area contributed by atoms with Gasteiger partial charge in [0, 0.05) is 52.5 Å². The fraction of sp³-hybridized carbons (Fsp3) is 0.480. The van der Waals surface area contributed by atoms with Crippen LogP contribution in [0.15, 0.2) is 48.5 Å². The Bertz CT molecular complexity index is 812. The lowest BCUT2D eigenvalue weighted by Crippen LogP contribution is -2.48. The molecule has 2 aromatic rings. The molecule has 2 aromatic carbocycles. The number of carbonyl (C=O) groups is 1. The molecule has 0 aromatic heterocycles. The van der Waals surface area contributed by atoms with E-state index in [1.165, 1.54) is 11.3 Å². The van der Waals surface area contributed by atoms with Crippen LogP contribution in [0.5, 0.6) is 5.75 Å². The summed E-state index contributed by atoms with van der Waals surface area (Å²) in [5, 5.41) is 3.18. The summed E-state index contributed by atoms with van der Waals surface area (Å²) in [6.07, 6.45) is 0.376. The maximum atomic E-state index is 12.7. The zero-order valence-electron chi connectivity index (χ0n) is 19.3. The number of nitrogens with zero attached hydrogens (tertiary/aromatic N) is 3. The number of piperazine rings is 1. The van der Waals surface area contributed by atoms with E-state index >= 15 is 0 Å². The number of amides is 1. The fourth-order valence-electron chi connectivity index (χ4n) is 3.91. The Kier molecular flexibility index (Phi) is 8.32. The molecule has 3 rings (SSSR count). The van der Waals surface area contributed by atoms with E-state index < -0.39 is 0 Å². The van der Waals surface area contributed by atoms with Crippen molar-refractivity contribution in [1.29, 1.82) is 0 Å². The highest BCUT2D eigenvalue weighted by Gasteiger charge is 2.24. The summed E-state index contributed by atoms with van der Waals surface area (Å²) in [5.41, 5.74) is 3.42. The maximum Gasteiger partial charge on any atom is 0.224 e. The Morgan fingerprint density at radius 2 is 1.68 bits per heavy atom. The molecule has 31 heavy (non-hydrogen) atoms. The van der Waals surface area contributed by atoms with Gasteiger partial charge in [0.05, 0.1) is 19.1 Å². The predicted molar refractivity (Wildman–Crippen MR) is 127 cm³/mol. The van der Waals surface area contributed by atoms with Crippen LogP contribution in [0.25, 0.3) is 0 Å². The SMILES string of the molecule is CCOc1ccc(CC(=O)NCC(c2ccc(N(C)C)cc2)N2CCN(C)CC2)cc1. The molecule has 0 spiro atoms. The van der Waals surface area contributed by atoms with E-state index in [-0.39, 0.29) is 11.9 Å². The van der Waals surface area contributed by atoms with Crippen molar-refractivity contribution in [2.75, 3.05) is 65.4 Å². The highest BCUT2D eigenvalue weighted by atomic mass is 16.5. The molecule has 1 aliphatic heterocycles. The third-order valence-electron chi connectivity index (χ3n) is 5.86. The molecule has 6 nitrogen and oxygen atoms in total. The maximum absolute atomic E-state index is 12.7. The van der Waals surface area contributed by atoms with Gasteiger partial charge in [-0.05, 0) is 49.4 Å². The first-order valence-electron chi connectivity index (χ1n) is 11.1. The molecule has 1 N–H and O–H groups in total.